The van der Waals surface area contributed by atoms with Crippen LogP contribution in [-0.4, -0.2) is 44.2 Å². The normalized spacial score (nSPS) is 19.2. The van der Waals surface area contributed by atoms with Crippen molar-refractivity contribution in [3.63, 3.8) is 0 Å². The van der Waals surface area contributed by atoms with Gasteiger partial charge in [-0.2, -0.15) is 4.98 Å². The number of aromatic amines is 1. The van der Waals surface area contributed by atoms with Crippen molar-refractivity contribution in [3.8, 4) is 0 Å². The lowest BCUT2D eigenvalue weighted by Gasteiger charge is -2.32. The van der Waals surface area contributed by atoms with Gasteiger partial charge in [-0.3, -0.25) is 9.78 Å². The van der Waals surface area contributed by atoms with Crippen molar-refractivity contribution in [2.24, 2.45) is 5.92 Å². The standard InChI is InChI=1S/C26H23N5O5/c27-26-29-22-21(23(32)30-26)28-15-31(22)19-12-11-18(14-35-24(33)16-7-3-1-4-8-16)20(13-19)36-25(34)17-9-5-2-6-10-17/h1-12,15,18-20H,13-14H2,(H3,27,29,30,32)/t18-,19-,20+/m0/s1. The molecule has 1 aliphatic carbocycles. The number of anilines is 1. The fourth-order valence-corrected chi connectivity index (χ4v) is 4.19. The Bertz CT molecular complexity index is 1480. The number of fused-ring (bicyclic) bond motifs is 1. The summed E-state index contributed by atoms with van der Waals surface area (Å²) in [5, 5.41) is 0. The first kappa shape index (κ1) is 23.0. The minimum Gasteiger partial charge on any atom is -0.461 e. The molecule has 3 N–H and O–H groups in total. The van der Waals surface area contributed by atoms with Gasteiger partial charge in [0.15, 0.2) is 11.2 Å². The van der Waals surface area contributed by atoms with Gasteiger partial charge in [0, 0.05) is 12.3 Å². The molecule has 2 heterocycles. The van der Waals surface area contributed by atoms with Crippen LogP contribution >= 0.6 is 0 Å². The van der Waals surface area contributed by atoms with Crippen LogP contribution in [0.15, 0.2) is 83.9 Å². The number of aromatic nitrogens is 4. The highest BCUT2D eigenvalue weighted by atomic mass is 16.6. The Morgan fingerprint density at radius 2 is 1.67 bits per heavy atom. The van der Waals surface area contributed by atoms with Gasteiger partial charge in [0.2, 0.25) is 5.95 Å². The average Bonchev–Trinajstić information content (AvgIpc) is 3.33. The van der Waals surface area contributed by atoms with E-state index in [0.29, 0.717) is 23.2 Å². The van der Waals surface area contributed by atoms with Crippen molar-refractivity contribution in [2.75, 3.05) is 12.3 Å². The molecule has 10 nitrogen and oxygen atoms in total. The van der Waals surface area contributed by atoms with E-state index in [4.69, 9.17) is 15.2 Å². The topological polar surface area (TPSA) is 142 Å². The molecular weight excluding hydrogens is 462 g/mol. The van der Waals surface area contributed by atoms with Crippen LogP contribution in [-0.2, 0) is 9.47 Å². The van der Waals surface area contributed by atoms with Gasteiger partial charge in [-0.25, -0.2) is 14.6 Å². The molecule has 1 aliphatic rings. The van der Waals surface area contributed by atoms with Crippen molar-refractivity contribution in [3.05, 3.63) is 101 Å². The van der Waals surface area contributed by atoms with Crippen LogP contribution in [0, 0.1) is 5.92 Å². The SMILES string of the molecule is Nc1nc2c(ncn2[C@H]2C=C[C@@H](COC(=O)c3ccccc3)[C@H](OC(=O)c3ccccc3)C2)c(=O)[nH]1. The number of esters is 2. The van der Waals surface area contributed by atoms with Crippen LogP contribution in [0.2, 0.25) is 0 Å². The van der Waals surface area contributed by atoms with Crippen molar-refractivity contribution < 1.29 is 19.1 Å². The highest BCUT2D eigenvalue weighted by Crippen LogP contribution is 2.31. The third kappa shape index (κ3) is 4.74. The fourth-order valence-electron chi connectivity index (χ4n) is 4.19. The molecule has 182 valence electrons. The summed E-state index contributed by atoms with van der Waals surface area (Å²) in [7, 11) is 0. The number of nitrogens with zero attached hydrogens (tertiary/aromatic N) is 3. The lowest BCUT2D eigenvalue weighted by atomic mass is 9.90. The molecule has 0 radical (unpaired) electrons. The zero-order valence-corrected chi connectivity index (χ0v) is 19.1. The maximum absolute atomic E-state index is 12.9. The number of ether oxygens (including phenoxy) is 2. The van der Waals surface area contributed by atoms with Crippen molar-refractivity contribution in [1.82, 2.24) is 19.5 Å². The molecule has 0 spiro atoms. The van der Waals surface area contributed by atoms with E-state index < -0.39 is 23.6 Å². The van der Waals surface area contributed by atoms with Crippen molar-refractivity contribution in [1.29, 1.82) is 0 Å². The summed E-state index contributed by atoms with van der Waals surface area (Å²) in [5.74, 6) is -1.34. The molecule has 5 rings (SSSR count). The van der Waals surface area contributed by atoms with Gasteiger partial charge in [0.25, 0.3) is 5.56 Å². The van der Waals surface area contributed by atoms with E-state index in [1.807, 2.05) is 24.3 Å². The van der Waals surface area contributed by atoms with Gasteiger partial charge in [0.05, 0.1) is 23.5 Å². The van der Waals surface area contributed by atoms with Crippen LogP contribution < -0.4 is 11.3 Å². The number of nitrogens with one attached hydrogen (secondary N) is 1. The van der Waals surface area contributed by atoms with Gasteiger partial charge in [-0.15, -0.1) is 0 Å². The predicted octanol–water partition coefficient (Wildman–Crippen LogP) is 2.90. The molecule has 0 fully saturated rings. The summed E-state index contributed by atoms with van der Waals surface area (Å²) in [5.41, 5.74) is 6.64. The van der Waals surface area contributed by atoms with Crippen molar-refractivity contribution in [2.45, 2.75) is 18.6 Å². The zero-order valence-electron chi connectivity index (χ0n) is 19.1. The number of carbonyl (C=O) groups excluding carboxylic acids is 2. The van der Waals surface area contributed by atoms with Gasteiger partial charge >= 0.3 is 11.9 Å². The van der Waals surface area contributed by atoms with E-state index in [0.717, 1.165) is 0 Å². The number of imidazole rings is 1. The van der Waals surface area contributed by atoms with Crippen LogP contribution in [0.3, 0.4) is 0 Å². The lowest BCUT2D eigenvalue weighted by Crippen LogP contribution is -2.35. The quantitative estimate of drug-likeness (QED) is 0.314. The lowest BCUT2D eigenvalue weighted by molar-refractivity contribution is -0.00246. The monoisotopic (exact) mass is 485 g/mol. The van der Waals surface area contributed by atoms with Gasteiger partial charge < -0.3 is 19.8 Å². The Balaban J connectivity index is 1.40. The van der Waals surface area contributed by atoms with Gasteiger partial charge in [-0.05, 0) is 24.3 Å². The number of H-pyrrole nitrogens is 1. The third-order valence-electron chi connectivity index (χ3n) is 6.02. The first-order valence-electron chi connectivity index (χ1n) is 11.4. The molecule has 10 heteroatoms. The first-order chi connectivity index (χ1) is 17.5. The highest BCUT2D eigenvalue weighted by Gasteiger charge is 2.33. The molecule has 0 bridgehead atoms. The Kier molecular flexibility index (Phi) is 6.31. The zero-order chi connectivity index (χ0) is 25.1. The van der Waals surface area contributed by atoms with E-state index in [1.54, 1.807) is 53.1 Å². The number of hydrogen-bond donors (Lipinski definition) is 2. The number of nitrogens with two attached hydrogens (primary N) is 1. The van der Waals surface area contributed by atoms with Crippen LogP contribution in [0.25, 0.3) is 11.2 Å². The second-order valence-corrected chi connectivity index (χ2v) is 8.40. The summed E-state index contributed by atoms with van der Waals surface area (Å²) in [6.07, 6.45) is 4.98. The second-order valence-electron chi connectivity index (χ2n) is 8.40. The molecule has 2 aromatic carbocycles. The largest absolute Gasteiger partial charge is 0.461 e. The number of carbonyl (C=O) groups is 2. The molecule has 2 aromatic heterocycles. The van der Waals surface area contributed by atoms with E-state index in [9.17, 15) is 14.4 Å². The fraction of sp³-hybridized carbons (Fsp3) is 0.192. The molecule has 0 saturated carbocycles. The molecule has 36 heavy (non-hydrogen) atoms. The second kappa shape index (κ2) is 9.87. The molecule has 0 unspecified atom stereocenters. The summed E-state index contributed by atoms with van der Waals surface area (Å²) < 4.78 is 13.1. The Morgan fingerprint density at radius 1 is 1.00 bits per heavy atom. The highest BCUT2D eigenvalue weighted by molar-refractivity contribution is 5.90. The van der Waals surface area contributed by atoms with Crippen LogP contribution in [0.4, 0.5) is 5.95 Å². The molecule has 3 atom stereocenters. The molecular formula is C26H23N5O5. The number of benzene rings is 2. The van der Waals surface area contributed by atoms with E-state index >= 15 is 0 Å². The summed E-state index contributed by atoms with van der Waals surface area (Å²) in [6.45, 7) is 0.0270. The first-order valence-corrected chi connectivity index (χ1v) is 11.4. The molecule has 0 amide bonds. The maximum atomic E-state index is 12.9. The molecule has 4 aromatic rings. The summed E-state index contributed by atoms with van der Waals surface area (Å²) >= 11 is 0. The van der Waals surface area contributed by atoms with E-state index in [-0.39, 0.29) is 30.0 Å². The summed E-state index contributed by atoms with van der Waals surface area (Å²) in [6, 6.07) is 17.0. The molecule has 0 saturated heterocycles. The third-order valence-corrected chi connectivity index (χ3v) is 6.02. The number of allylic oxidation sites excluding steroid dienone is 1. The smallest absolute Gasteiger partial charge is 0.338 e. The Labute approximate surface area is 205 Å². The number of nitrogen functional groups attached to an aromatic ring is 1. The Hall–Kier alpha value is -4.73. The van der Waals surface area contributed by atoms with Crippen LogP contribution in [0.1, 0.15) is 33.2 Å². The molecule has 0 aliphatic heterocycles. The minimum atomic E-state index is -0.618. The number of hydrogen-bond acceptors (Lipinski definition) is 8. The predicted molar refractivity (Wildman–Crippen MR) is 131 cm³/mol. The van der Waals surface area contributed by atoms with Crippen LogP contribution in [0.5, 0.6) is 0 Å². The van der Waals surface area contributed by atoms with Crippen molar-refractivity contribution >= 4 is 29.1 Å². The van der Waals surface area contributed by atoms with Gasteiger partial charge in [0.1, 0.15) is 12.7 Å². The minimum absolute atomic E-state index is 0.0215. The van der Waals surface area contributed by atoms with E-state index in [2.05, 4.69) is 15.0 Å². The van der Waals surface area contributed by atoms with E-state index in [1.165, 1.54) is 6.33 Å². The average molecular weight is 486 g/mol. The maximum Gasteiger partial charge on any atom is 0.338 e. The van der Waals surface area contributed by atoms with Gasteiger partial charge in [-0.1, -0.05) is 48.6 Å². The Morgan fingerprint density at radius 3 is 2.36 bits per heavy atom. The number of rotatable bonds is 6. The summed E-state index contributed by atoms with van der Waals surface area (Å²) in [4.78, 5) is 48.4.